The van der Waals surface area contributed by atoms with Crippen LogP contribution in [0.1, 0.15) is 30.0 Å². The number of aryl methyl sites for hydroxylation is 1. The summed E-state index contributed by atoms with van der Waals surface area (Å²) < 4.78 is 29.2. The molecule has 1 N–H and O–H groups in total. The van der Waals surface area contributed by atoms with Crippen LogP contribution >= 0.6 is 0 Å². The highest BCUT2D eigenvalue weighted by Gasteiger charge is 2.19. The van der Waals surface area contributed by atoms with Crippen LogP contribution in [0.2, 0.25) is 0 Å². The van der Waals surface area contributed by atoms with Crippen molar-refractivity contribution in [1.82, 2.24) is 5.32 Å². The molecule has 0 amide bonds. The summed E-state index contributed by atoms with van der Waals surface area (Å²) in [5, 5.41) is 3.25. The Balaban J connectivity index is 2.16. The summed E-state index contributed by atoms with van der Waals surface area (Å²) in [6.45, 7) is -0.539. The molecule has 0 heterocycles. The maximum absolute atomic E-state index is 12.1. The van der Waals surface area contributed by atoms with Gasteiger partial charge in [0.15, 0.2) is 0 Å². The van der Waals surface area contributed by atoms with Gasteiger partial charge in [0.05, 0.1) is 0 Å². The summed E-state index contributed by atoms with van der Waals surface area (Å²) in [6.07, 6.45) is 0.881. The second-order valence-electron chi connectivity index (χ2n) is 4.30. The Bertz CT molecular complexity index is 382. The van der Waals surface area contributed by atoms with E-state index < -0.39 is 13.0 Å². The summed E-state index contributed by atoms with van der Waals surface area (Å²) in [7, 11) is 1.92. The molecule has 0 saturated heterocycles. The molecule has 0 radical (unpaired) electrons. The Hall–Kier alpha value is -1.16. The average Bonchev–Trinajstić information content (AvgIpc) is 2.35. The first-order valence-corrected chi connectivity index (χ1v) is 5.91. The lowest BCUT2D eigenvalue weighted by molar-refractivity contribution is 0.0818. The number of benzene rings is 1. The number of ether oxygens (including phenoxy) is 1. The van der Waals surface area contributed by atoms with Crippen LogP contribution in [0.4, 0.5) is 8.78 Å². The molecule has 4 heteroatoms. The van der Waals surface area contributed by atoms with E-state index in [1.807, 2.05) is 19.2 Å². The van der Waals surface area contributed by atoms with Crippen LogP contribution in [0.15, 0.2) is 18.2 Å². The molecule has 0 spiro atoms. The summed E-state index contributed by atoms with van der Waals surface area (Å²) in [5.74, 6) is 0.534. The highest BCUT2D eigenvalue weighted by molar-refractivity contribution is 5.39. The van der Waals surface area contributed by atoms with Gasteiger partial charge in [-0.15, -0.1) is 0 Å². The standard InChI is InChI=1S/C13H17F2NO/c1-16-12-4-2-3-9-5-6-10(7-11(9)12)17-8-13(14)15/h5-7,12-13,16H,2-4,8H2,1H3. The average molecular weight is 241 g/mol. The number of halogens is 2. The lowest BCUT2D eigenvalue weighted by Gasteiger charge is -2.25. The van der Waals surface area contributed by atoms with Crippen LogP contribution in [0.5, 0.6) is 5.75 Å². The van der Waals surface area contributed by atoms with Crippen molar-refractivity contribution in [3.8, 4) is 5.75 Å². The van der Waals surface area contributed by atoms with Gasteiger partial charge in [0, 0.05) is 6.04 Å². The molecule has 0 bridgehead atoms. The van der Waals surface area contributed by atoms with E-state index in [4.69, 9.17) is 4.74 Å². The monoisotopic (exact) mass is 241 g/mol. The Morgan fingerprint density at radius 3 is 3.00 bits per heavy atom. The first-order valence-electron chi connectivity index (χ1n) is 5.91. The molecule has 1 aromatic carbocycles. The number of fused-ring (bicyclic) bond motifs is 1. The summed E-state index contributed by atoms with van der Waals surface area (Å²) >= 11 is 0. The molecule has 2 nitrogen and oxygen atoms in total. The predicted molar refractivity (Wildman–Crippen MR) is 62.7 cm³/mol. The van der Waals surface area contributed by atoms with Gasteiger partial charge in [0.25, 0.3) is 6.43 Å². The molecule has 0 aliphatic heterocycles. The van der Waals surface area contributed by atoms with Gasteiger partial charge in [0.1, 0.15) is 12.4 Å². The summed E-state index contributed by atoms with van der Waals surface area (Å²) in [5.41, 5.74) is 2.48. The van der Waals surface area contributed by atoms with E-state index in [2.05, 4.69) is 5.32 Å². The minimum atomic E-state index is -2.42. The minimum absolute atomic E-state index is 0.314. The third-order valence-corrected chi connectivity index (χ3v) is 3.16. The Kier molecular flexibility index (Phi) is 3.94. The number of alkyl halides is 2. The minimum Gasteiger partial charge on any atom is -0.488 e. The van der Waals surface area contributed by atoms with Crippen LogP contribution in [-0.4, -0.2) is 20.1 Å². The van der Waals surface area contributed by atoms with Gasteiger partial charge in [-0.1, -0.05) is 6.07 Å². The van der Waals surface area contributed by atoms with Crippen molar-refractivity contribution in [2.24, 2.45) is 0 Å². The first-order chi connectivity index (χ1) is 8.20. The van der Waals surface area contributed by atoms with Crippen molar-refractivity contribution in [2.45, 2.75) is 31.7 Å². The number of hydrogen-bond acceptors (Lipinski definition) is 2. The molecule has 94 valence electrons. The smallest absolute Gasteiger partial charge is 0.272 e. The molecule has 17 heavy (non-hydrogen) atoms. The molecule has 1 atom stereocenters. The normalized spacial score (nSPS) is 19.2. The SMILES string of the molecule is CNC1CCCc2ccc(OCC(F)F)cc21. The van der Waals surface area contributed by atoms with E-state index in [1.165, 1.54) is 11.1 Å². The van der Waals surface area contributed by atoms with Crippen LogP contribution in [0, 0.1) is 0 Å². The molecule has 0 saturated carbocycles. The topological polar surface area (TPSA) is 21.3 Å². The lowest BCUT2D eigenvalue weighted by atomic mass is 9.87. The Morgan fingerprint density at radius 1 is 1.47 bits per heavy atom. The summed E-state index contributed by atoms with van der Waals surface area (Å²) in [6, 6.07) is 5.96. The second-order valence-corrected chi connectivity index (χ2v) is 4.30. The molecule has 1 aliphatic carbocycles. The van der Waals surface area contributed by atoms with Gasteiger partial charge in [0.2, 0.25) is 0 Å². The van der Waals surface area contributed by atoms with E-state index in [0.717, 1.165) is 19.3 Å². The predicted octanol–water partition coefficient (Wildman–Crippen LogP) is 2.93. The lowest BCUT2D eigenvalue weighted by Crippen LogP contribution is -2.21. The zero-order valence-corrected chi connectivity index (χ0v) is 9.88. The largest absolute Gasteiger partial charge is 0.488 e. The van der Waals surface area contributed by atoms with Gasteiger partial charge in [-0.05, 0) is 49.6 Å². The van der Waals surface area contributed by atoms with E-state index in [0.29, 0.717) is 11.8 Å². The van der Waals surface area contributed by atoms with Gasteiger partial charge >= 0.3 is 0 Å². The quantitative estimate of drug-likeness (QED) is 0.875. The molecular formula is C13H17F2NO. The highest BCUT2D eigenvalue weighted by atomic mass is 19.3. The Labute approximate surface area is 100.0 Å². The van der Waals surface area contributed by atoms with Crippen LogP contribution in [-0.2, 0) is 6.42 Å². The molecule has 0 aromatic heterocycles. The van der Waals surface area contributed by atoms with Gasteiger partial charge in [-0.25, -0.2) is 8.78 Å². The summed E-state index contributed by atoms with van der Waals surface area (Å²) in [4.78, 5) is 0. The Morgan fingerprint density at radius 2 is 2.29 bits per heavy atom. The van der Waals surface area contributed by atoms with E-state index in [1.54, 1.807) is 6.07 Å². The molecule has 1 aliphatic rings. The molecule has 1 aromatic rings. The van der Waals surface area contributed by atoms with Gasteiger partial charge in [-0.2, -0.15) is 0 Å². The van der Waals surface area contributed by atoms with Crippen LogP contribution in [0.25, 0.3) is 0 Å². The van der Waals surface area contributed by atoms with Gasteiger partial charge in [-0.3, -0.25) is 0 Å². The van der Waals surface area contributed by atoms with Crippen molar-refractivity contribution in [3.05, 3.63) is 29.3 Å². The molecule has 1 unspecified atom stereocenters. The van der Waals surface area contributed by atoms with Crippen LogP contribution < -0.4 is 10.1 Å². The van der Waals surface area contributed by atoms with Crippen LogP contribution in [0.3, 0.4) is 0 Å². The number of nitrogens with one attached hydrogen (secondary N) is 1. The van der Waals surface area contributed by atoms with Crippen molar-refractivity contribution in [3.63, 3.8) is 0 Å². The molecule has 0 fully saturated rings. The van der Waals surface area contributed by atoms with Crippen molar-refractivity contribution in [1.29, 1.82) is 0 Å². The molecular weight excluding hydrogens is 224 g/mol. The van der Waals surface area contributed by atoms with E-state index >= 15 is 0 Å². The highest BCUT2D eigenvalue weighted by Crippen LogP contribution is 2.32. The maximum atomic E-state index is 12.1. The first kappa shape index (κ1) is 12.3. The second kappa shape index (κ2) is 5.45. The molecule has 2 rings (SSSR count). The van der Waals surface area contributed by atoms with E-state index in [9.17, 15) is 8.78 Å². The third kappa shape index (κ3) is 2.94. The van der Waals surface area contributed by atoms with Crippen molar-refractivity contribution in [2.75, 3.05) is 13.7 Å². The fraction of sp³-hybridized carbons (Fsp3) is 0.538. The number of hydrogen-bond donors (Lipinski definition) is 1. The fourth-order valence-corrected chi connectivity index (χ4v) is 2.33. The number of rotatable bonds is 4. The maximum Gasteiger partial charge on any atom is 0.272 e. The third-order valence-electron chi connectivity index (χ3n) is 3.16. The van der Waals surface area contributed by atoms with E-state index in [-0.39, 0.29) is 0 Å². The zero-order valence-electron chi connectivity index (χ0n) is 9.88. The van der Waals surface area contributed by atoms with Gasteiger partial charge < -0.3 is 10.1 Å². The zero-order chi connectivity index (χ0) is 12.3. The fourth-order valence-electron chi connectivity index (χ4n) is 2.33. The van der Waals surface area contributed by atoms with Crippen molar-refractivity contribution >= 4 is 0 Å². The van der Waals surface area contributed by atoms with Crippen molar-refractivity contribution < 1.29 is 13.5 Å².